The van der Waals surface area contributed by atoms with Gasteiger partial charge in [0.25, 0.3) is 5.91 Å². The number of oxazole rings is 1. The fourth-order valence-electron chi connectivity index (χ4n) is 2.90. The number of rotatable bonds is 4. The summed E-state index contributed by atoms with van der Waals surface area (Å²) in [6, 6.07) is 9.24. The molecule has 0 spiro atoms. The van der Waals surface area contributed by atoms with Crippen LogP contribution in [0, 0.1) is 12.8 Å². The average molecular weight is 314 g/mol. The lowest BCUT2D eigenvalue weighted by molar-refractivity contribution is -0.141. The number of hydrogen-bond acceptors (Lipinski definition) is 4. The molecule has 23 heavy (non-hydrogen) atoms. The molecule has 1 amide bonds. The summed E-state index contributed by atoms with van der Waals surface area (Å²) in [6.07, 6.45) is 1.72. The monoisotopic (exact) mass is 314 g/mol. The van der Waals surface area contributed by atoms with Gasteiger partial charge in [-0.2, -0.15) is 0 Å². The molecule has 6 nitrogen and oxygen atoms in total. The van der Waals surface area contributed by atoms with E-state index in [1.807, 2.05) is 30.3 Å². The Bertz CT molecular complexity index is 723. The SMILES string of the molecule is Cc1oc(-c2ccccc2)nc1C(=O)N[C@@H]1CC[C@H](C(=O)O)C1. The standard InChI is InChI=1S/C17H18N2O4/c1-10-14(19-16(23-10)11-5-3-2-4-6-11)15(20)18-13-8-7-12(9-13)17(21)22/h2-6,12-13H,7-9H2,1H3,(H,18,20)(H,21,22)/t12-,13+/m0/s1. The summed E-state index contributed by atoms with van der Waals surface area (Å²) in [6.45, 7) is 1.70. The van der Waals surface area contributed by atoms with Crippen molar-refractivity contribution in [3.63, 3.8) is 0 Å². The fourth-order valence-corrected chi connectivity index (χ4v) is 2.90. The van der Waals surface area contributed by atoms with E-state index in [9.17, 15) is 9.59 Å². The number of amides is 1. The molecule has 1 heterocycles. The number of carboxylic acids is 1. The second-order valence-corrected chi connectivity index (χ2v) is 5.81. The van der Waals surface area contributed by atoms with Crippen LogP contribution in [0.2, 0.25) is 0 Å². The highest BCUT2D eigenvalue weighted by Crippen LogP contribution is 2.26. The summed E-state index contributed by atoms with van der Waals surface area (Å²) in [4.78, 5) is 27.6. The van der Waals surface area contributed by atoms with Crippen LogP contribution in [0.5, 0.6) is 0 Å². The van der Waals surface area contributed by atoms with Gasteiger partial charge in [0, 0.05) is 11.6 Å². The normalized spacial score (nSPS) is 20.4. The maximum atomic E-state index is 12.4. The smallest absolute Gasteiger partial charge is 0.306 e. The van der Waals surface area contributed by atoms with Crippen LogP contribution in [0.3, 0.4) is 0 Å². The number of carbonyl (C=O) groups is 2. The van der Waals surface area contributed by atoms with E-state index in [1.54, 1.807) is 6.92 Å². The van der Waals surface area contributed by atoms with E-state index in [-0.39, 0.29) is 23.6 Å². The molecule has 1 aromatic heterocycles. The minimum Gasteiger partial charge on any atom is -0.481 e. The van der Waals surface area contributed by atoms with Crippen molar-refractivity contribution in [2.75, 3.05) is 0 Å². The van der Waals surface area contributed by atoms with E-state index in [2.05, 4.69) is 10.3 Å². The number of nitrogens with zero attached hydrogens (tertiary/aromatic N) is 1. The summed E-state index contributed by atoms with van der Waals surface area (Å²) < 4.78 is 5.58. The van der Waals surface area contributed by atoms with Gasteiger partial charge < -0.3 is 14.8 Å². The molecule has 2 aromatic rings. The van der Waals surface area contributed by atoms with Gasteiger partial charge in [0.15, 0.2) is 5.69 Å². The lowest BCUT2D eigenvalue weighted by atomic mass is 10.1. The largest absolute Gasteiger partial charge is 0.481 e. The number of aliphatic carboxylic acids is 1. The number of carbonyl (C=O) groups excluding carboxylic acids is 1. The summed E-state index contributed by atoms with van der Waals surface area (Å²) in [7, 11) is 0. The zero-order chi connectivity index (χ0) is 16.4. The topological polar surface area (TPSA) is 92.4 Å². The van der Waals surface area contributed by atoms with Gasteiger partial charge in [-0.15, -0.1) is 0 Å². The van der Waals surface area contributed by atoms with Crippen LogP contribution in [0.4, 0.5) is 0 Å². The first-order chi connectivity index (χ1) is 11.0. The van der Waals surface area contributed by atoms with Crippen molar-refractivity contribution >= 4 is 11.9 Å². The zero-order valence-electron chi connectivity index (χ0n) is 12.8. The van der Waals surface area contributed by atoms with Gasteiger partial charge in [-0.05, 0) is 38.3 Å². The maximum Gasteiger partial charge on any atom is 0.306 e. The van der Waals surface area contributed by atoms with Gasteiger partial charge in [-0.1, -0.05) is 18.2 Å². The molecule has 3 rings (SSSR count). The Balaban J connectivity index is 1.71. The second kappa shape index (κ2) is 6.24. The molecule has 2 N–H and O–H groups in total. The highest BCUT2D eigenvalue weighted by Gasteiger charge is 2.31. The molecule has 6 heteroatoms. The molecule has 1 aromatic carbocycles. The Hall–Kier alpha value is -2.63. The number of aromatic nitrogens is 1. The molecule has 0 bridgehead atoms. The predicted octanol–water partition coefficient (Wildman–Crippen LogP) is 2.63. The molecule has 1 fully saturated rings. The van der Waals surface area contributed by atoms with Gasteiger partial charge in [0.1, 0.15) is 5.76 Å². The maximum absolute atomic E-state index is 12.4. The molecule has 0 unspecified atom stereocenters. The first-order valence-corrected chi connectivity index (χ1v) is 7.61. The van der Waals surface area contributed by atoms with E-state index >= 15 is 0 Å². The van der Waals surface area contributed by atoms with Crippen molar-refractivity contribution in [3.05, 3.63) is 41.8 Å². The van der Waals surface area contributed by atoms with Crippen LogP contribution in [0.25, 0.3) is 11.5 Å². The van der Waals surface area contributed by atoms with Crippen molar-refractivity contribution in [2.24, 2.45) is 5.92 Å². The molecule has 0 saturated heterocycles. The van der Waals surface area contributed by atoms with E-state index in [1.165, 1.54) is 0 Å². The third-order valence-electron chi connectivity index (χ3n) is 4.15. The van der Waals surface area contributed by atoms with Gasteiger partial charge in [0.05, 0.1) is 5.92 Å². The highest BCUT2D eigenvalue weighted by atomic mass is 16.4. The Labute approximate surface area is 133 Å². The van der Waals surface area contributed by atoms with E-state index in [0.717, 1.165) is 5.56 Å². The highest BCUT2D eigenvalue weighted by molar-refractivity contribution is 5.94. The molecule has 2 atom stereocenters. The summed E-state index contributed by atoms with van der Waals surface area (Å²) in [5.41, 5.74) is 1.06. The number of nitrogens with one attached hydrogen (secondary N) is 1. The van der Waals surface area contributed by atoms with Crippen LogP contribution in [0.1, 0.15) is 35.5 Å². The third-order valence-corrected chi connectivity index (χ3v) is 4.15. The average Bonchev–Trinajstić information content (AvgIpc) is 3.15. The number of hydrogen-bond donors (Lipinski definition) is 2. The Kier molecular flexibility index (Phi) is 4.14. The number of benzene rings is 1. The third kappa shape index (κ3) is 3.26. The Morgan fingerprint density at radius 3 is 2.65 bits per heavy atom. The van der Waals surface area contributed by atoms with Gasteiger partial charge in [-0.3, -0.25) is 9.59 Å². The van der Waals surface area contributed by atoms with Crippen molar-refractivity contribution in [3.8, 4) is 11.5 Å². The molecule has 1 saturated carbocycles. The van der Waals surface area contributed by atoms with Crippen LogP contribution in [-0.4, -0.2) is 28.0 Å². The van der Waals surface area contributed by atoms with Gasteiger partial charge in [-0.25, -0.2) is 4.98 Å². The second-order valence-electron chi connectivity index (χ2n) is 5.81. The minimum atomic E-state index is -0.800. The lowest BCUT2D eigenvalue weighted by Crippen LogP contribution is -2.33. The van der Waals surface area contributed by atoms with Gasteiger partial charge >= 0.3 is 5.97 Å². The quantitative estimate of drug-likeness (QED) is 0.905. The van der Waals surface area contributed by atoms with Crippen LogP contribution in [0.15, 0.2) is 34.7 Å². The summed E-state index contributed by atoms with van der Waals surface area (Å²) in [5.74, 6) is -0.633. The number of carboxylic acid groups (broad SMARTS) is 1. The zero-order valence-corrected chi connectivity index (χ0v) is 12.8. The van der Waals surface area contributed by atoms with Crippen molar-refractivity contribution in [1.82, 2.24) is 10.3 Å². The Morgan fingerprint density at radius 1 is 1.26 bits per heavy atom. The molecular weight excluding hydrogens is 296 g/mol. The van der Waals surface area contributed by atoms with E-state index in [0.29, 0.717) is 30.9 Å². The van der Waals surface area contributed by atoms with Crippen LogP contribution < -0.4 is 5.32 Å². The molecule has 0 aliphatic heterocycles. The molecule has 120 valence electrons. The predicted molar refractivity (Wildman–Crippen MR) is 82.9 cm³/mol. The van der Waals surface area contributed by atoms with Gasteiger partial charge in [0.2, 0.25) is 5.89 Å². The van der Waals surface area contributed by atoms with Crippen molar-refractivity contribution in [1.29, 1.82) is 0 Å². The van der Waals surface area contributed by atoms with Crippen LogP contribution in [-0.2, 0) is 4.79 Å². The van der Waals surface area contributed by atoms with Crippen molar-refractivity contribution < 1.29 is 19.1 Å². The number of aryl methyl sites for hydroxylation is 1. The minimum absolute atomic E-state index is 0.125. The van der Waals surface area contributed by atoms with E-state index < -0.39 is 5.97 Å². The molecule has 1 aliphatic rings. The lowest BCUT2D eigenvalue weighted by Gasteiger charge is -2.11. The fraction of sp³-hybridized carbons (Fsp3) is 0.353. The van der Waals surface area contributed by atoms with E-state index in [4.69, 9.17) is 9.52 Å². The summed E-state index contributed by atoms with van der Waals surface area (Å²) >= 11 is 0. The first kappa shape index (κ1) is 15.3. The summed E-state index contributed by atoms with van der Waals surface area (Å²) in [5, 5.41) is 11.9. The molecular formula is C17H18N2O4. The Morgan fingerprint density at radius 2 is 2.00 bits per heavy atom. The molecule has 0 radical (unpaired) electrons. The van der Waals surface area contributed by atoms with Crippen LogP contribution >= 0.6 is 0 Å². The first-order valence-electron chi connectivity index (χ1n) is 7.61. The van der Waals surface area contributed by atoms with Crippen molar-refractivity contribution in [2.45, 2.75) is 32.2 Å². The molecule has 1 aliphatic carbocycles.